The van der Waals surface area contributed by atoms with E-state index in [1.54, 1.807) is 0 Å². The number of ether oxygens (including phenoxy) is 3. The van der Waals surface area contributed by atoms with Crippen LogP contribution in [0.2, 0.25) is 0 Å². The van der Waals surface area contributed by atoms with Crippen molar-refractivity contribution in [3.63, 3.8) is 0 Å². The standard InChI is InChI=1S/C35H32O5/c1-17-11-21(12-18(2)31(17)36)35(22-13-19(3)32(37)20(4)14-22)26-8-6-5-7-23(26)24-9-10-25-29(30(24)35)34-28(40-34)16-38-15-27-33(25)39-27/h5-14,27-28,33-34,36-37H,15-16H2,1-4H3. The van der Waals surface area contributed by atoms with E-state index < -0.39 is 5.41 Å². The Bertz CT molecular complexity index is 1630. The molecule has 3 heterocycles. The fourth-order valence-electron chi connectivity index (χ4n) is 7.48. The van der Waals surface area contributed by atoms with Crippen LogP contribution >= 0.6 is 0 Å². The van der Waals surface area contributed by atoms with Crippen LogP contribution in [0.4, 0.5) is 0 Å². The summed E-state index contributed by atoms with van der Waals surface area (Å²) < 4.78 is 18.5. The van der Waals surface area contributed by atoms with Crippen molar-refractivity contribution in [2.24, 2.45) is 0 Å². The topological polar surface area (TPSA) is 74.8 Å². The lowest BCUT2D eigenvalue weighted by Gasteiger charge is -2.37. The molecule has 40 heavy (non-hydrogen) atoms. The van der Waals surface area contributed by atoms with Gasteiger partial charge >= 0.3 is 0 Å². The van der Waals surface area contributed by atoms with Gasteiger partial charge in [-0.1, -0.05) is 60.7 Å². The summed E-state index contributed by atoms with van der Waals surface area (Å²) in [6.07, 6.45) is -0.0315. The van der Waals surface area contributed by atoms with Crippen LogP contribution in [0.25, 0.3) is 11.1 Å². The van der Waals surface area contributed by atoms with Crippen LogP contribution in [-0.2, 0) is 19.6 Å². The predicted molar refractivity (Wildman–Crippen MR) is 152 cm³/mol. The van der Waals surface area contributed by atoms with E-state index in [2.05, 4.69) is 60.7 Å². The zero-order chi connectivity index (χ0) is 27.5. The number of aromatic hydroxyl groups is 2. The molecule has 5 nitrogen and oxygen atoms in total. The minimum Gasteiger partial charge on any atom is -0.507 e. The van der Waals surface area contributed by atoms with Crippen molar-refractivity contribution in [1.29, 1.82) is 0 Å². The van der Waals surface area contributed by atoms with E-state index in [0.29, 0.717) is 24.7 Å². The molecule has 8 rings (SSSR count). The Morgan fingerprint density at radius 3 is 1.85 bits per heavy atom. The molecule has 202 valence electrons. The van der Waals surface area contributed by atoms with Gasteiger partial charge in [-0.2, -0.15) is 0 Å². The lowest BCUT2D eigenvalue weighted by molar-refractivity contribution is 0.102. The predicted octanol–water partition coefficient (Wildman–Crippen LogP) is 6.60. The molecule has 0 radical (unpaired) electrons. The van der Waals surface area contributed by atoms with Crippen molar-refractivity contribution in [2.75, 3.05) is 13.2 Å². The van der Waals surface area contributed by atoms with Crippen LogP contribution in [0.3, 0.4) is 0 Å². The molecule has 0 saturated carbocycles. The summed E-state index contributed by atoms with van der Waals surface area (Å²) in [6.45, 7) is 8.99. The van der Waals surface area contributed by atoms with E-state index in [9.17, 15) is 10.2 Å². The lowest BCUT2D eigenvalue weighted by atomic mass is 9.64. The number of phenolic OH excluding ortho intramolecular Hbond substituents is 2. The molecule has 0 bridgehead atoms. The number of epoxide rings is 2. The minimum absolute atomic E-state index is 0.00995. The first-order chi connectivity index (χ1) is 19.3. The van der Waals surface area contributed by atoms with Crippen LogP contribution in [0, 0.1) is 27.7 Å². The maximum Gasteiger partial charge on any atom is 0.121 e. The molecule has 1 aliphatic carbocycles. The Kier molecular flexibility index (Phi) is 4.96. The fraction of sp³-hybridized carbons (Fsp3) is 0.314. The lowest BCUT2D eigenvalue weighted by Crippen LogP contribution is -2.31. The van der Waals surface area contributed by atoms with Crippen molar-refractivity contribution in [3.05, 3.63) is 116 Å². The van der Waals surface area contributed by atoms with Gasteiger partial charge in [-0.25, -0.2) is 0 Å². The summed E-state index contributed by atoms with van der Waals surface area (Å²) in [4.78, 5) is 0. The average molecular weight is 533 g/mol. The van der Waals surface area contributed by atoms with Gasteiger partial charge in [0.1, 0.15) is 35.9 Å². The van der Waals surface area contributed by atoms with E-state index in [1.807, 2.05) is 27.7 Å². The molecule has 0 aromatic heterocycles. The molecule has 2 saturated heterocycles. The second-order valence-electron chi connectivity index (χ2n) is 11.9. The smallest absolute Gasteiger partial charge is 0.121 e. The highest BCUT2D eigenvalue weighted by molar-refractivity contribution is 5.88. The van der Waals surface area contributed by atoms with Gasteiger partial charge in [-0.15, -0.1) is 0 Å². The van der Waals surface area contributed by atoms with Gasteiger partial charge in [0.25, 0.3) is 0 Å². The molecule has 5 heteroatoms. The third kappa shape index (κ3) is 3.14. The number of benzene rings is 4. The summed E-state index contributed by atoms with van der Waals surface area (Å²) >= 11 is 0. The van der Waals surface area contributed by atoms with Crippen molar-refractivity contribution < 1.29 is 24.4 Å². The molecule has 4 aliphatic rings. The molecular weight excluding hydrogens is 500 g/mol. The quantitative estimate of drug-likeness (QED) is 0.251. The SMILES string of the molecule is Cc1cc(C2(c3cc(C)c(O)c(C)c3)c3ccccc3-c3ccc4c(c32)C2OC2COCC2OC42)cc(C)c1O. The molecule has 0 spiro atoms. The molecular formula is C35H32O5. The Balaban J connectivity index is 1.56. The Morgan fingerprint density at radius 1 is 0.675 bits per heavy atom. The maximum atomic E-state index is 10.8. The van der Waals surface area contributed by atoms with Crippen molar-refractivity contribution in [2.45, 2.75) is 57.5 Å². The Morgan fingerprint density at radius 2 is 1.23 bits per heavy atom. The molecule has 0 amide bonds. The molecule has 2 N–H and O–H groups in total. The number of hydrogen-bond donors (Lipinski definition) is 2. The summed E-state index contributed by atoms with van der Waals surface area (Å²) in [5.41, 5.74) is 12.0. The highest BCUT2D eigenvalue weighted by atomic mass is 16.6. The highest BCUT2D eigenvalue weighted by Gasteiger charge is 2.56. The number of hydrogen-bond acceptors (Lipinski definition) is 5. The maximum absolute atomic E-state index is 10.8. The number of fused-ring (bicyclic) bond motifs is 9. The van der Waals surface area contributed by atoms with Crippen molar-refractivity contribution >= 4 is 0 Å². The molecule has 4 unspecified atom stereocenters. The molecule has 2 fully saturated rings. The first-order valence-electron chi connectivity index (χ1n) is 14.1. The van der Waals surface area contributed by atoms with Gasteiger partial charge in [0, 0.05) is 0 Å². The zero-order valence-electron chi connectivity index (χ0n) is 23.1. The Labute approximate surface area is 234 Å². The minimum atomic E-state index is -0.695. The average Bonchev–Trinajstić information content (AvgIpc) is 3.86. The zero-order valence-corrected chi connectivity index (χ0v) is 23.1. The second-order valence-corrected chi connectivity index (χ2v) is 11.9. The van der Waals surface area contributed by atoms with Crippen LogP contribution < -0.4 is 0 Å². The molecule has 4 atom stereocenters. The van der Waals surface area contributed by atoms with E-state index >= 15 is 0 Å². The van der Waals surface area contributed by atoms with Crippen LogP contribution in [-0.4, -0.2) is 35.6 Å². The van der Waals surface area contributed by atoms with Gasteiger partial charge in [0.2, 0.25) is 0 Å². The van der Waals surface area contributed by atoms with Gasteiger partial charge in [-0.3, -0.25) is 0 Å². The van der Waals surface area contributed by atoms with Crippen LogP contribution in [0.1, 0.15) is 67.8 Å². The van der Waals surface area contributed by atoms with Crippen LogP contribution in [0.5, 0.6) is 11.5 Å². The Hall–Kier alpha value is -3.64. The third-order valence-electron chi connectivity index (χ3n) is 9.44. The second kappa shape index (κ2) is 8.20. The summed E-state index contributed by atoms with van der Waals surface area (Å²) in [7, 11) is 0. The molecule has 4 aromatic carbocycles. The molecule has 4 aromatic rings. The van der Waals surface area contributed by atoms with Gasteiger partial charge < -0.3 is 24.4 Å². The number of phenols is 2. The summed E-state index contributed by atoms with van der Waals surface area (Å²) in [5.74, 6) is 0.639. The van der Waals surface area contributed by atoms with Gasteiger partial charge in [0.15, 0.2) is 0 Å². The first-order valence-corrected chi connectivity index (χ1v) is 14.1. The fourth-order valence-corrected chi connectivity index (χ4v) is 7.48. The highest BCUT2D eigenvalue weighted by Crippen LogP contribution is 2.62. The monoisotopic (exact) mass is 532 g/mol. The van der Waals surface area contributed by atoms with E-state index in [4.69, 9.17) is 14.2 Å². The largest absolute Gasteiger partial charge is 0.507 e. The summed E-state index contributed by atoms with van der Waals surface area (Å²) in [6, 6.07) is 21.7. The van der Waals surface area contributed by atoms with E-state index in [0.717, 1.165) is 33.4 Å². The summed E-state index contributed by atoms with van der Waals surface area (Å²) in [5, 5.41) is 21.7. The van der Waals surface area contributed by atoms with Gasteiger partial charge in [0.05, 0.1) is 18.6 Å². The normalized spacial score (nSPS) is 24.9. The molecule has 3 aliphatic heterocycles. The number of aryl methyl sites for hydroxylation is 4. The first kappa shape index (κ1) is 24.2. The number of rotatable bonds is 2. The third-order valence-corrected chi connectivity index (χ3v) is 9.44. The van der Waals surface area contributed by atoms with Crippen molar-refractivity contribution in [1.82, 2.24) is 0 Å². The van der Waals surface area contributed by atoms with E-state index in [1.165, 1.54) is 33.4 Å². The van der Waals surface area contributed by atoms with E-state index in [-0.39, 0.29) is 24.4 Å². The van der Waals surface area contributed by atoms with Crippen molar-refractivity contribution in [3.8, 4) is 22.6 Å². The van der Waals surface area contributed by atoms with Gasteiger partial charge in [-0.05, 0) is 94.5 Å². The van der Waals surface area contributed by atoms with Crippen LogP contribution in [0.15, 0.2) is 60.7 Å².